The number of anilines is 6. The Labute approximate surface area is 284 Å². The van der Waals surface area contributed by atoms with Crippen LogP contribution in [0.5, 0.6) is 0 Å². The molecule has 0 N–H and O–H groups in total. The third-order valence-electron chi connectivity index (χ3n) is 8.13. The molecule has 234 valence electrons. The van der Waals surface area contributed by atoms with Crippen molar-refractivity contribution in [2.24, 2.45) is 0 Å². The molecule has 8 heteroatoms. The number of aryl methyl sites for hydroxylation is 1. The summed E-state index contributed by atoms with van der Waals surface area (Å²) in [5, 5.41) is 0. The van der Waals surface area contributed by atoms with Crippen molar-refractivity contribution >= 4 is 45.7 Å². The number of nitrogens with zero attached hydrogens (tertiary/aromatic N) is 8. The first kappa shape index (κ1) is 29.6. The van der Waals surface area contributed by atoms with Crippen LogP contribution in [0, 0.1) is 6.92 Å². The Morgan fingerprint density at radius 3 is 1.14 bits per heavy atom. The van der Waals surface area contributed by atoms with E-state index in [0.717, 1.165) is 73.8 Å². The number of hydrogen-bond acceptors (Lipinski definition) is 8. The van der Waals surface area contributed by atoms with Crippen LogP contribution in [0.4, 0.5) is 34.6 Å². The SMILES string of the molecule is Cc1ccc2nc(-c3ccc(N(c4ccccn4)c4ccccn4)cc3)c(-c3ccc(N(c4ccccn4)c4ccccn4)cc3)nc2c1. The van der Waals surface area contributed by atoms with Crippen LogP contribution in [-0.4, -0.2) is 29.9 Å². The molecule has 5 heterocycles. The van der Waals surface area contributed by atoms with Gasteiger partial charge in [-0.25, -0.2) is 29.9 Å². The van der Waals surface area contributed by atoms with Crippen molar-refractivity contribution in [1.82, 2.24) is 29.9 Å². The number of benzene rings is 3. The Morgan fingerprint density at radius 1 is 0.388 bits per heavy atom. The van der Waals surface area contributed by atoms with E-state index in [0.29, 0.717) is 0 Å². The molecule has 0 aliphatic heterocycles. The third-order valence-corrected chi connectivity index (χ3v) is 8.13. The normalized spacial score (nSPS) is 11.0. The zero-order valence-corrected chi connectivity index (χ0v) is 26.7. The predicted molar refractivity (Wildman–Crippen MR) is 196 cm³/mol. The van der Waals surface area contributed by atoms with E-state index in [1.54, 1.807) is 24.8 Å². The van der Waals surface area contributed by atoms with Gasteiger partial charge >= 0.3 is 0 Å². The van der Waals surface area contributed by atoms with Gasteiger partial charge in [-0.1, -0.05) is 54.6 Å². The van der Waals surface area contributed by atoms with Gasteiger partial charge in [0.05, 0.1) is 22.4 Å². The largest absolute Gasteiger partial charge is 0.279 e. The summed E-state index contributed by atoms with van der Waals surface area (Å²) in [6.07, 6.45) is 7.15. The summed E-state index contributed by atoms with van der Waals surface area (Å²) in [6.45, 7) is 2.07. The van der Waals surface area contributed by atoms with E-state index in [1.807, 2.05) is 88.7 Å². The van der Waals surface area contributed by atoms with Crippen molar-refractivity contribution in [2.75, 3.05) is 9.80 Å². The average Bonchev–Trinajstić information content (AvgIpc) is 3.17. The molecular weight excluding hydrogens is 605 g/mol. The Hall–Kier alpha value is -6.80. The molecule has 3 aromatic carbocycles. The van der Waals surface area contributed by atoms with E-state index in [-0.39, 0.29) is 0 Å². The monoisotopic (exact) mass is 634 g/mol. The van der Waals surface area contributed by atoms with E-state index in [9.17, 15) is 0 Å². The molecule has 0 unspecified atom stereocenters. The van der Waals surface area contributed by atoms with Gasteiger partial charge in [0.2, 0.25) is 0 Å². The predicted octanol–water partition coefficient (Wildman–Crippen LogP) is 9.79. The van der Waals surface area contributed by atoms with Crippen LogP contribution < -0.4 is 9.80 Å². The van der Waals surface area contributed by atoms with E-state index in [1.165, 1.54) is 0 Å². The van der Waals surface area contributed by atoms with Gasteiger partial charge in [0.1, 0.15) is 23.3 Å². The van der Waals surface area contributed by atoms with E-state index < -0.39 is 0 Å². The lowest BCUT2D eigenvalue weighted by molar-refractivity contribution is 1.12. The maximum Gasteiger partial charge on any atom is 0.138 e. The van der Waals surface area contributed by atoms with Gasteiger partial charge in [-0.3, -0.25) is 9.80 Å². The molecule has 0 saturated carbocycles. The van der Waals surface area contributed by atoms with Crippen LogP contribution in [0.15, 0.2) is 164 Å². The minimum absolute atomic E-state index is 0.779. The molecule has 0 radical (unpaired) electrons. The lowest BCUT2D eigenvalue weighted by Crippen LogP contribution is -2.12. The number of pyridine rings is 4. The van der Waals surface area contributed by atoms with Crippen molar-refractivity contribution in [3.8, 4) is 22.5 Å². The smallest absolute Gasteiger partial charge is 0.138 e. The highest BCUT2D eigenvalue weighted by atomic mass is 15.2. The summed E-state index contributed by atoms with van der Waals surface area (Å²) in [4.78, 5) is 32.9. The maximum atomic E-state index is 5.19. The van der Waals surface area contributed by atoms with Gasteiger partial charge in [0, 0.05) is 47.3 Å². The van der Waals surface area contributed by atoms with Gasteiger partial charge in [-0.15, -0.1) is 0 Å². The minimum Gasteiger partial charge on any atom is -0.279 e. The van der Waals surface area contributed by atoms with E-state index >= 15 is 0 Å². The van der Waals surface area contributed by atoms with Crippen LogP contribution in [-0.2, 0) is 0 Å². The minimum atomic E-state index is 0.779. The second-order valence-electron chi connectivity index (χ2n) is 11.4. The molecule has 0 amide bonds. The van der Waals surface area contributed by atoms with Crippen molar-refractivity contribution in [2.45, 2.75) is 6.92 Å². The second-order valence-corrected chi connectivity index (χ2v) is 11.4. The summed E-state index contributed by atoms with van der Waals surface area (Å²) in [5.41, 5.74) is 8.17. The van der Waals surface area contributed by atoms with Crippen molar-refractivity contribution in [1.29, 1.82) is 0 Å². The maximum absolute atomic E-state index is 5.19. The summed E-state index contributed by atoms with van der Waals surface area (Å²) < 4.78 is 0. The van der Waals surface area contributed by atoms with Crippen LogP contribution in [0.25, 0.3) is 33.5 Å². The molecule has 8 aromatic rings. The Morgan fingerprint density at radius 2 is 0.776 bits per heavy atom. The van der Waals surface area contributed by atoms with Gasteiger partial charge in [-0.05, 0) is 97.4 Å². The van der Waals surface area contributed by atoms with Crippen LogP contribution in [0.3, 0.4) is 0 Å². The fourth-order valence-electron chi connectivity index (χ4n) is 5.81. The highest BCUT2D eigenvalue weighted by Gasteiger charge is 2.19. The first-order chi connectivity index (χ1) is 24.2. The van der Waals surface area contributed by atoms with Gasteiger partial charge < -0.3 is 0 Å². The highest BCUT2D eigenvalue weighted by Crippen LogP contribution is 2.37. The van der Waals surface area contributed by atoms with Crippen LogP contribution in [0.2, 0.25) is 0 Å². The van der Waals surface area contributed by atoms with Gasteiger partial charge in [-0.2, -0.15) is 0 Å². The summed E-state index contributed by atoms with van der Waals surface area (Å²) in [7, 11) is 0. The Kier molecular flexibility index (Phi) is 7.93. The third kappa shape index (κ3) is 6.06. The Bertz CT molecular complexity index is 2240. The fraction of sp³-hybridized carbons (Fsp3) is 0.0244. The molecular formula is C41H30N8. The quantitative estimate of drug-likeness (QED) is 0.163. The molecule has 49 heavy (non-hydrogen) atoms. The molecule has 0 saturated heterocycles. The average molecular weight is 635 g/mol. The zero-order chi connectivity index (χ0) is 33.0. The summed E-state index contributed by atoms with van der Waals surface area (Å²) in [6, 6.07) is 46.3. The van der Waals surface area contributed by atoms with Gasteiger partial charge in [0.25, 0.3) is 0 Å². The summed E-state index contributed by atoms with van der Waals surface area (Å²) >= 11 is 0. The lowest BCUT2D eigenvalue weighted by atomic mass is 10.0. The second kappa shape index (κ2) is 13.1. The molecule has 0 fully saturated rings. The number of hydrogen-bond donors (Lipinski definition) is 0. The lowest BCUT2D eigenvalue weighted by Gasteiger charge is -2.23. The number of fused-ring (bicyclic) bond motifs is 1. The van der Waals surface area contributed by atoms with E-state index in [4.69, 9.17) is 9.97 Å². The van der Waals surface area contributed by atoms with Gasteiger partial charge in [0.15, 0.2) is 0 Å². The number of rotatable bonds is 8. The first-order valence-electron chi connectivity index (χ1n) is 15.9. The van der Waals surface area contributed by atoms with Crippen LogP contribution in [0.1, 0.15) is 5.56 Å². The van der Waals surface area contributed by atoms with E-state index in [2.05, 4.69) is 87.5 Å². The standard InChI is InChI=1S/C41H30N8/c1-29-14-23-34-35(28-29)47-41(31-17-21-33(22-18-31)49(38-12-4-8-26-44-38)39-13-5-9-27-45-39)40(46-34)30-15-19-32(20-16-30)48(36-10-2-6-24-42-36)37-11-3-7-25-43-37/h2-28H,1H3. The molecule has 0 aliphatic rings. The highest BCUT2D eigenvalue weighted by molar-refractivity contribution is 5.88. The molecule has 0 aliphatic carbocycles. The zero-order valence-electron chi connectivity index (χ0n) is 26.7. The molecule has 0 spiro atoms. The molecule has 0 atom stereocenters. The fourth-order valence-corrected chi connectivity index (χ4v) is 5.81. The van der Waals surface area contributed by atoms with Crippen molar-refractivity contribution in [3.63, 3.8) is 0 Å². The van der Waals surface area contributed by atoms with Crippen molar-refractivity contribution in [3.05, 3.63) is 170 Å². The topological polar surface area (TPSA) is 83.8 Å². The molecule has 8 rings (SSSR count). The summed E-state index contributed by atoms with van der Waals surface area (Å²) in [5.74, 6) is 3.12. The Balaban J connectivity index is 1.21. The molecule has 8 nitrogen and oxygen atoms in total. The molecule has 0 bridgehead atoms. The van der Waals surface area contributed by atoms with Crippen molar-refractivity contribution < 1.29 is 0 Å². The number of aromatic nitrogens is 6. The van der Waals surface area contributed by atoms with Crippen LogP contribution >= 0.6 is 0 Å². The first-order valence-corrected chi connectivity index (χ1v) is 15.9. The molecule has 5 aromatic heterocycles.